The van der Waals surface area contributed by atoms with E-state index in [2.05, 4.69) is 0 Å². The first-order valence-corrected chi connectivity index (χ1v) is 8.86. The minimum absolute atomic E-state index is 0.116. The Balaban J connectivity index is 1.94. The second-order valence-corrected chi connectivity index (χ2v) is 7.09. The van der Waals surface area contributed by atoms with Gasteiger partial charge in [0, 0.05) is 17.7 Å². The van der Waals surface area contributed by atoms with Crippen LogP contribution in [0.4, 0.5) is 14.5 Å². The number of aryl methyl sites for hydroxylation is 1. The van der Waals surface area contributed by atoms with Gasteiger partial charge in [-0.3, -0.25) is 0 Å². The molecular weight excluding hydrogens is 372 g/mol. The molecule has 1 aliphatic heterocycles. The minimum Gasteiger partial charge on any atom is -0.398 e. The van der Waals surface area contributed by atoms with Crippen molar-refractivity contribution in [1.29, 1.82) is 0 Å². The number of halogens is 2. The molecule has 1 fully saturated rings. The van der Waals surface area contributed by atoms with Crippen LogP contribution >= 0.6 is 0 Å². The van der Waals surface area contributed by atoms with Gasteiger partial charge in [0.15, 0.2) is 0 Å². The Morgan fingerprint density at radius 3 is 2.25 bits per heavy atom. The number of benzene rings is 2. The van der Waals surface area contributed by atoms with E-state index in [1.807, 2.05) is 0 Å². The number of anilines is 1. The molecule has 8 heteroatoms. The van der Waals surface area contributed by atoms with Crippen LogP contribution in [0.1, 0.15) is 28.4 Å². The van der Waals surface area contributed by atoms with Crippen molar-refractivity contribution in [2.45, 2.75) is 43.9 Å². The van der Waals surface area contributed by atoms with Gasteiger partial charge in [-0.25, -0.2) is 8.78 Å². The Labute approximate surface area is 160 Å². The Bertz CT molecular complexity index is 837. The molecule has 0 bridgehead atoms. The predicted molar refractivity (Wildman–Crippen MR) is 97.5 cm³/mol. The average molecular weight is 395 g/mol. The van der Waals surface area contributed by atoms with Crippen molar-refractivity contribution < 1.29 is 33.9 Å². The molecule has 5 atom stereocenters. The van der Waals surface area contributed by atoms with Crippen molar-refractivity contribution >= 4 is 5.69 Å². The normalized spacial score (nSPS) is 27.8. The highest BCUT2D eigenvalue weighted by Crippen LogP contribution is 2.34. The first kappa shape index (κ1) is 20.6. The molecule has 1 aliphatic rings. The van der Waals surface area contributed by atoms with E-state index in [4.69, 9.17) is 10.5 Å². The first-order chi connectivity index (χ1) is 13.2. The molecule has 2 aromatic carbocycles. The highest BCUT2D eigenvalue weighted by Gasteiger charge is 2.44. The van der Waals surface area contributed by atoms with Crippen LogP contribution in [0.2, 0.25) is 0 Å². The molecule has 0 radical (unpaired) electrons. The molecular formula is C20H23F2NO5. The van der Waals surface area contributed by atoms with E-state index in [-0.39, 0.29) is 12.0 Å². The van der Waals surface area contributed by atoms with Gasteiger partial charge in [0.2, 0.25) is 0 Å². The van der Waals surface area contributed by atoms with Gasteiger partial charge < -0.3 is 30.9 Å². The van der Waals surface area contributed by atoms with Gasteiger partial charge in [0.05, 0.1) is 6.61 Å². The maximum absolute atomic E-state index is 14.2. The summed E-state index contributed by atoms with van der Waals surface area (Å²) in [5, 5.41) is 39.5. The molecule has 152 valence electrons. The Morgan fingerprint density at radius 2 is 1.64 bits per heavy atom. The van der Waals surface area contributed by atoms with Gasteiger partial charge in [-0.2, -0.15) is 0 Å². The molecule has 0 aliphatic carbocycles. The zero-order chi connectivity index (χ0) is 20.6. The summed E-state index contributed by atoms with van der Waals surface area (Å²) in [5.74, 6) is -1.37. The lowest BCUT2D eigenvalue weighted by atomic mass is 9.89. The summed E-state index contributed by atoms with van der Waals surface area (Å²) in [5.41, 5.74) is 7.39. The molecule has 0 amide bonds. The highest BCUT2D eigenvalue weighted by atomic mass is 19.1. The molecule has 2 aromatic rings. The topological polar surface area (TPSA) is 116 Å². The fraction of sp³-hybridized carbons (Fsp3) is 0.400. The second-order valence-electron chi connectivity index (χ2n) is 7.09. The summed E-state index contributed by atoms with van der Waals surface area (Å²) in [7, 11) is 0. The number of ether oxygens (including phenoxy) is 1. The van der Waals surface area contributed by atoms with Gasteiger partial charge in [-0.05, 0) is 41.8 Å². The van der Waals surface area contributed by atoms with Crippen LogP contribution in [-0.2, 0) is 11.2 Å². The molecule has 6 N–H and O–H groups in total. The van der Waals surface area contributed by atoms with E-state index < -0.39 is 48.8 Å². The molecule has 1 heterocycles. The van der Waals surface area contributed by atoms with Crippen molar-refractivity contribution in [1.82, 2.24) is 0 Å². The number of hydrogen-bond donors (Lipinski definition) is 5. The van der Waals surface area contributed by atoms with E-state index in [0.717, 1.165) is 0 Å². The molecule has 3 rings (SSSR count). The minimum atomic E-state index is -1.52. The van der Waals surface area contributed by atoms with Crippen LogP contribution < -0.4 is 5.73 Å². The summed E-state index contributed by atoms with van der Waals surface area (Å²) < 4.78 is 33.9. The predicted octanol–water partition coefficient (Wildman–Crippen LogP) is 0.961. The van der Waals surface area contributed by atoms with Gasteiger partial charge in [-0.1, -0.05) is 12.1 Å². The van der Waals surface area contributed by atoms with Crippen LogP contribution in [0.3, 0.4) is 0 Å². The molecule has 28 heavy (non-hydrogen) atoms. The molecule has 1 unspecified atom stereocenters. The quantitative estimate of drug-likeness (QED) is 0.493. The number of hydrogen-bond acceptors (Lipinski definition) is 6. The van der Waals surface area contributed by atoms with E-state index >= 15 is 0 Å². The van der Waals surface area contributed by atoms with Crippen molar-refractivity contribution in [3.8, 4) is 0 Å². The number of aliphatic hydroxyl groups excluding tert-OH is 4. The third-order valence-electron chi connectivity index (χ3n) is 5.04. The van der Waals surface area contributed by atoms with Crippen molar-refractivity contribution in [2.75, 3.05) is 12.3 Å². The second kappa shape index (κ2) is 8.10. The molecule has 0 aromatic heterocycles. The van der Waals surface area contributed by atoms with E-state index in [0.29, 0.717) is 22.4 Å². The van der Waals surface area contributed by atoms with Crippen molar-refractivity contribution in [2.24, 2.45) is 0 Å². The Kier molecular flexibility index (Phi) is 5.97. The summed E-state index contributed by atoms with van der Waals surface area (Å²) in [6.45, 7) is 1.03. The molecule has 0 saturated carbocycles. The summed E-state index contributed by atoms with van der Waals surface area (Å²) in [6.07, 6.45) is -6.68. The van der Waals surface area contributed by atoms with Crippen LogP contribution in [0, 0.1) is 18.6 Å². The third kappa shape index (κ3) is 3.87. The third-order valence-corrected chi connectivity index (χ3v) is 5.04. The van der Waals surface area contributed by atoms with Gasteiger partial charge >= 0.3 is 0 Å². The van der Waals surface area contributed by atoms with Crippen LogP contribution in [0.5, 0.6) is 0 Å². The fourth-order valence-electron chi connectivity index (χ4n) is 3.42. The SMILES string of the molecule is Cc1cc(F)c(Cc2cc(C3O[C@H](CO)[C@@H](O)[C@H](O)[C@H]3O)ccc2N)c(F)c1. The number of rotatable bonds is 4. The van der Waals surface area contributed by atoms with E-state index in [1.54, 1.807) is 13.0 Å². The van der Waals surface area contributed by atoms with Crippen LogP contribution in [0.25, 0.3) is 0 Å². The van der Waals surface area contributed by atoms with Crippen LogP contribution in [0.15, 0.2) is 30.3 Å². The summed E-state index contributed by atoms with van der Waals surface area (Å²) in [4.78, 5) is 0. The molecule has 6 nitrogen and oxygen atoms in total. The van der Waals surface area contributed by atoms with E-state index in [1.165, 1.54) is 24.3 Å². The smallest absolute Gasteiger partial charge is 0.129 e. The largest absolute Gasteiger partial charge is 0.398 e. The number of aliphatic hydroxyl groups is 4. The van der Waals surface area contributed by atoms with Gasteiger partial charge in [-0.15, -0.1) is 0 Å². The van der Waals surface area contributed by atoms with Crippen molar-refractivity contribution in [3.63, 3.8) is 0 Å². The van der Waals surface area contributed by atoms with Gasteiger partial charge in [0.25, 0.3) is 0 Å². The highest BCUT2D eigenvalue weighted by molar-refractivity contribution is 5.51. The van der Waals surface area contributed by atoms with E-state index in [9.17, 15) is 29.2 Å². The lowest BCUT2D eigenvalue weighted by molar-refractivity contribution is -0.231. The number of nitrogens with two attached hydrogens (primary N) is 1. The number of nitrogen functional groups attached to an aromatic ring is 1. The Hall–Kier alpha value is -2.10. The molecule has 0 spiro atoms. The zero-order valence-electron chi connectivity index (χ0n) is 15.2. The zero-order valence-corrected chi connectivity index (χ0v) is 15.2. The Morgan fingerprint density at radius 1 is 1.00 bits per heavy atom. The average Bonchev–Trinajstić information content (AvgIpc) is 2.64. The summed E-state index contributed by atoms with van der Waals surface area (Å²) >= 11 is 0. The maximum Gasteiger partial charge on any atom is 0.129 e. The van der Waals surface area contributed by atoms with Crippen LogP contribution in [-0.4, -0.2) is 51.4 Å². The fourth-order valence-corrected chi connectivity index (χ4v) is 3.42. The standard InChI is InChI=1S/C20H23F2NO5/c1-9-4-13(21)12(14(22)5-9)7-11-6-10(2-3-15(11)23)20-19(27)18(26)17(25)16(8-24)28-20/h2-6,16-20,24-27H,7-8,23H2,1H3/t16-,17-,18+,19-,20?/m1/s1. The van der Waals surface area contributed by atoms with Crippen molar-refractivity contribution in [3.05, 3.63) is 64.2 Å². The monoisotopic (exact) mass is 395 g/mol. The maximum atomic E-state index is 14.2. The first-order valence-electron chi connectivity index (χ1n) is 8.86. The lowest BCUT2D eigenvalue weighted by Crippen LogP contribution is -2.55. The summed E-state index contributed by atoms with van der Waals surface area (Å²) in [6, 6.07) is 7.05. The van der Waals surface area contributed by atoms with Gasteiger partial charge in [0.1, 0.15) is 42.2 Å². The lowest BCUT2D eigenvalue weighted by Gasteiger charge is -2.40. The molecule has 1 saturated heterocycles.